The van der Waals surface area contributed by atoms with Gasteiger partial charge in [-0.05, 0) is 67.3 Å². The highest BCUT2D eigenvalue weighted by atomic mass is 32.1. The summed E-state index contributed by atoms with van der Waals surface area (Å²) >= 11 is 1.80. The molecule has 5 rings (SSSR count). The van der Waals surface area contributed by atoms with Crippen molar-refractivity contribution in [1.82, 2.24) is 15.5 Å². The molecule has 0 saturated carbocycles. The summed E-state index contributed by atoms with van der Waals surface area (Å²) in [5, 5.41) is 19.7. The van der Waals surface area contributed by atoms with Crippen molar-refractivity contribution in [1.29, 1.82) is 0 Å². The van der Waals surface area contributed by atoms with E-state index in [0.29, 0.717) is 11.6 Å². The monoisotopic (exact) mass is 490 g/mol. The predicted octanol–water partition coefficient (Wildman–Crippen LogP) is 4.16. The molecule has 3 aromatic rings. The number of anilines is 1. The molecule has 0 radical (unpaired) electrons. The molecule has 2 aliphatic rings. The lowest BCUT2D eigenvalue weighted by Crippen LogP contribution is -2.51. The molecule has 184 valence electrons. The summed E-state index contributed by atoms with van der Waals surface area (Å²) in [5.41, 5.74) is 4.91. The van der Waals surface area contributed by atoms with Crippen LogP contribution in [0.3, 0.4) is 0 Å². The van der Waals surface area contributed by atoms with Crippen LogP contribution >= 0.6 is 11.3 Å². The zero-order chi connectivity index (χ0) is 24.4. The Morgan fingerprint density at radius 2 is 2.06 bits per heavy atom. The second-order valence-electron chi connectivity index (χ2n) is 9.79. The summed E-state index contributed by atoms with van der Waals surface area (Å²) in [6.07, 6.45) is 0.674. The van der Waals surface area contributed by atoms with Gasteiger partial charge in [0, 0.05) is 53.7 Å². The second kappa shape index (κ2) is 10.5. The van der Waals surface area contributed by atoms with Crippen molar-refractivity contribution in [2.75, 3.05) is 31.5 Å². The normalized spacial score (nSPS) is 19.3. The first-order chi connectivity index (χ1) is 16.9. The van der Waals surface area contributed by atoms with Crippen LogP contribution in [0.15, 0.2) is 54.6 Å². The smallest absolute Gasteiger partial charge is 0.252 e. The van der Waals surface area contributed by atoms with E-state index >= 15 is 0 Å². The molecule has 0 spiro atoms. The van der Waals surface area contributed by atoms with Gasteiger partial charge in [-0.15, -0.1) is 11.3 Å². The predicted molar refractivity (Wildman–Crippen MR) is 143 cm³/mol. The zero-order valence-electron chi connectivity index (χ0n) is 20.4. The van der Waals surface area contributed by atoms with E-state index < -0.39 is 0 Å². The Morgan fingerprint density at radius 1 is 1.20 bits per heavy atom. The minimum absolute atomic E-state index is 0.0537. The van der Waals surface area contributed by atoms with E-state index in [1.54, 1.807) is 11.3 Å². The van der Waals surface area contributed by atoms with Gasteiger partial charge in [-0.1, -0.05) is 24.3 Å². The molecule has 1 amide bonds. The first kappa shape index (κ1) is 24.0. The maximum absolute atomic E-state index is 13.1. The Bertz CT molecular complexity index is 1190. The maximum atomic E-state index is 13.1. The molecular formula is C28H34N4O2S. The zero-order valence-corrected chi connectivity index (χ0v) is 21.2. The molecule has 2 saturated heterocycles. The van der Waals surface area contributed by atoms with E-state index in [9.17, 15) is 9.90 Å². The second-order valence-corrected chi connectivity index (χ2v) is 11.0. The molecule has 0 aliphatic carbocycles. The lowest BCUT2D eigenvalue weighted by molar-refractivity contribution is 0.0939. The fourth-order valence-electron chi connectivity index (χ4n) is 4.70. The molecule has 0 bridgehead atoms. The van der Waals surface area contributed by atoms with Gasteiger partial charge >= 0.3 is 0 Å². The minimum Gasteiger partial charge on any atom is -0.392 e. The standard InChI is InChI=1S/C28H34N4O2S/c1-18-6-7-22(31-23-14-29-15-23)13-26(18)28(34)30-19(2)20-4-3-5-21(12-20)27-9-8-25(35-27)17-32-11-10-24(33)16-32/h3-9,12-13,19,23-24,29,31,33H,10-11,14-17H2,1-2H3,(H,30,34)/t19-,24-/m1/s1. The summed E-state index contributed by atoms with van der Waals surface area (Å²) in [5.74, 6) is -0.0537. The van der Waals surface area contributed by atoms with Crippen LogP contribution in [0.4, 0.5) is 5.69 Å². The van der Waals surface area contributed by atoms with Crippen LogP contribution in [-0.4, -0.2) is 54.2 Å². The number of hydrogen-bond donors (Lipinski definition) is 4. The van der Waals surface area contributed by atoms with Gasteiger partial charge in [0.15, 0.2) is 0 Å². The highest BCUT2D eigenvalue weighted by Crippen LogP contribution is 2.31. The molecule has 1 aromatic heterocycles. The number of nitrogens with one attached hydrogen (secondary N) is 3. The van der Waals surface area contributed by atoms with E-state index in [2.05, 4.69) is 57.2 Å². The molecule has 4 N–H and O–H groups in total. The number of aryl methyl sites for hydroxylation is 1. The molecule has 35 heavy (non-hydrogen) atoms. The van der Waals surface area contributed by atoms with Gasteiger partial charge in [0.25, 0.3) is 5.91 Å². The van der Waals surface area contributed by atoms with Gasteiger partial charge < -0.3 is 21.1 Å². The van der Waals surface area contributed by atoms with Crippen molar-refractivity contribution >= 4 is 22.9 Å². The molecule has 0 unspecified atom stereocenters. The molecule has 2 aromatic carbocycles. The Labute approximate surface area is 211 Å². The van der Waals surface area contributed by atoms with Gasteiger partial charge in [0.2, 0.25) is 0 Å². The average molecular weight is 491 g/mol. The van der Waals surface area contributed by atoms with Crippen LogP contribution < -0.4 is 16.0 Å². The van der Waals surface area contributed by atoms with Crippen LogP contribution in [0.25, 0.3) is 10.4 Å². The maximum Gasteiger partial charge on any atom is 0.252 e. The highest BCUT2D eigenvalue weighted by Gasteiger charge is 2.21. The Kier molecular flexibility index (Phi) is 7.20. The SMILES string of the molecule is Cc1ccc(NC2CNC2)cc1C(=O)N[C@H](C)c1cccc(-c2ccc(CN3CC[C@@H](O)C3)s2)c1. The molecule has 6 nitrogen and oxygen atoms in total. The highest BCUT2D eigenvalue weighted by molar-refractivity contribution is 7.15. The summed E-state index contributed by atoms with van der Waals surface area (Å²) in [7, 11) is 0. The summed E-state index contributed by atoms with van der Waals surface area (Å²) in [6.45, 7) is 8.52. The minimum atomic E-state index is -0.189. The average Bonchev–Trinajstić information content (AvgIpc) is 3.46. The molecule has 7 heteroatoms. The quantitative estimate of drug-likeness (QED) is 0.381. The summed E-state index contributed by atoms with van der Waals surface area (Å²) in [6, 6.07) is 19.1. The van der Waals surface area contributed by atoms with Gasteiger partial charge in [-0.25, -0.2) is 0 Å². The van der Waals surface area contributed by atoms with Gasteiger partial charge in [-0.2, -0.15) is 0 Å². The van der Waals surface area contributed by atoms with Gasteiger partial charge in [0.05, 0.1) is 18.2 Å². The van der Waals surface area contributed by atoms with Crippen LogP contribution in [-0.2, 0) is 6.54 Å². The number of β-amino-alcohol motifs (C(OH)–C–C–N with tert-alkyl or cyclic N) is 1. The number of carbonyl (C=O) groups is 1. The lowest BCUT2D eigenvalue weighted by atomic mass is 10.0. The third kappa shape index (κ3) is 5.76. The van der Waals surface area contributed by atoms with Crippen molar-refractivity contribution < 1.29 is 9.90 Å². The van der Waals surface area contributed by atoms with Crippen molar-refractivity contribution in [3.05, 3.63) is 76.2 Å². The first-order valence-electron chi connectivity index (χ1n) is 12.4. The lowest BCUT2D eigenvalue weighted by Gasteiger charge is -2.29. The molecule has 3 heterocycles. The van der Waals surface area contributed by atoms with Crippen molar-refractivity contribution in [3.63, 3.8) is 0 Å². The number of carbonyl (C=O) groups excluding carboxylic acids is 1. The van der Waals surface area contributed by atoms with E-state index in [4.69, 9.17) is 0 Å². The Hall–Kier alpha value is -2.71. The number of aliphatic hydroxyl groups is 1. The molecule has 2 aliphatic heterocycles. The number of nitrogens with zero attached hydrogens (tertiary/aromatic N) is 1. The fourth-order valence-corrected chi connectivity index (χ4v) is 5.74. The number of likely N-dealkylation sites (tertiary alicyclic amines) is 1. The number of benzene rings is 2. The fraction of sp³-hybridized carbons (Fsp3) is 0.393. The third-order valence-electron chi connectivity index (χ3n) is 6.94. The van der Waals surface area contributed by atoms with E-state index in [0.717, 1.165) is 61.5 Å². The van der Waals surface area contributed by atoms with E-state index in [1.165, 1.54) is 9.75 Å². The van der Waals surface area contributed by atoms with Crippen molar-refractivity contribution in [2.24, 2.45) is 0 Å². The first-order valence-corrected chi connectivity index (χ1v) is 13.2. The number of rotatable bonds is 8. The van der Waals surface area contributed by atoms with E-state index in [-0.39, 0.29) is 18.1 Å². The number of hydrogen-bond acceptors (Lipinski definition) is 6. The number of thiophene rings is 1. The van der Waals surface area contributed by atoms with Gasteiger partial charge in [-0.3, -0.25) is 9.69 Å². The van der Waals surface area contributed by atoms with Crippen LogP contribution in [0.2, 0.25) is 0 Å². The van der Waals surface area contributed by atoms with Gasteiger partial charge in [0.1, 0.15) is 0 Å². The Balaban J connectivity index is 1.25. The van der Waals surface area contributed by atoms with Crippen LogP contribution in [0, 0.1) is 6.92 Å². The largest absolute Gasteiger partial charge is 0.392 e. The van der Waals surface area contributed by atoms with Crippen LogP contribution in [0.5, 0.6) is 0 Å². The van der Waals surface area contributed by atoms with E-state index in [1.807, 2.05) is 32.0 Å². The summed E-state index contributed by atoms with van der Waals surface area (Å²) in [4.78, 5) is 18.0. The molecule has 2 atom stereocenters. The molecule has 2 fully saturated rings. The third-order valence-corrected chi connectivity index (χ3v) is 8.06. The summed E-state index contributed by atoms with van der Waals surface area (Å²) < 4.78 is 0. The Morgan fingerprint density at radius 3 is 2.80 bits per heavy atom. The van der Waals surface area contributed by atoms with Crippen molar-refractivity contribution in [2.45, 2.75) is 45.0 Å². The topological polar surface area (TPSA) is 76.6 Å². The molecular weight excluding hydrogens is 456 g/mol. The number of amides is 1. The van der Waals surface area contributed by atoms with Crippen LogP contribution in [0.1, 0.15) is 45.7 Å². The number of aliphatic hydroxyl groups excluding tert-OH is 1. The van der Waals surface area contributed by atoms with Crippen molar-refractivity contribution in [3.8, 4) is 10.4 Å².